The van der Waals surface area contributed by atoms with E-state index in [1.165, 1.54) is 12.4 Å². The lowest BCUT2D eigenvalue weighted by atomic mass is 10.6. The van der Waals surface area contributed by atoms with E-state index in [1.807, 2.05) is 0 Å². The fourth-order valence-electron chi connectivity index (χ4n) is 0.606. The van der Waals surface area contributed by atoms with E-state index in [0.717, 1.165) is 0 Å². The minimum absolute atomic E-state index is 0.0680. The standard InChI is InChI=1S/C7H7ClN2O3/c1-2-12-7(11)13-6-3-5(8)9-4-10-6/h3-4H,2H2,1H3. The van der Waals surface area contributed by atoms with E-state index in [4.69, 9.17) is 11.6 Å². The van der Waals surface area contributed by atoms with Crippen molar-refractivity contribution in [3.8, 4) is 5.88 Å². The summed E-state index contributed by atoms with van der Waals surface area (Å²) < 4.78 is 9.16. The lowest BCUT2D eigenvalue weighted by Crippen LogP contribution is -2.10. The second kappa shape index (κ2) is 4.61. The number of ether oxygens (including phenoxy) is 2. The van der Waals surface area contributed by atoms with Crippen molar-refractivity contribution in [2.24, 2.45) is 0 Å². The number of carbonyl (C=O) groups excluding carboxylic acids is 1. The zero-order valence-corrected chi connectivity index (χ0v) is 7.61. The van der Waals surface area contributed by atoms with Gasteiger partial charge in [0, 0.05) is 6.07 Å². The Morgan fingerprint density at radius 1 is 1.62 bits per heavy atom. The van der Waals surface area contributed by atoms with Gasteiger partial charge in [0.1, 0.15) is 11.5 Å². The lowest BCUT2D eigenvalue weighted by molar-refractivity contribution is 0.102. The summed E-state index contributed by atoms with van der Waals surface area (Å²) in [6, 6.07) is 1.32. The van der Waals surface area contributed by atoms with E-state index in [0.29, 0.717) is 0 Å². The minimum atomic E-state index is -0.808. The van der Waals surface area contributed by atoms with E-state index in [2.05, 4.69) is 19.4 Å². The molecule has 0 saturated heterocycles. The Labute approximate surface area is 79.7 Å². The van der Waals surface area contributed by atoms with Crippen LogP contribution >= 0.6 is 11.6 Å². The Morgan fingerprint density at radius 3 is 3.00 bits per heavy atom. The molecule has 70 valence electrons. The van der Waals surface area contributed by atoms with Crippen molar-refractivity contribution in [2.75, 3.05) is 6.61 Å². The van der Waals surface area contributed by atoms with Gasteiger partial charge in [0.2, 0.25) is 5.88 Å². The van der Waals surface area contributed by atoms with Crippen molar-refractivity contribution in [3.63, 3.8) is 0 Å². The fourth-order valence-corrected chi connectivity index (χ4v) is 0.743. The Morgan fingerprint density at radius 2 is 2.38 bits per heavy atom. The van der Waals surface area contributed by atoms with E-state index < -0.39 is 6.16 Å². The van der Waals surface area contributed by atoms with Crippen molar-refractivity contribution >= 4 is 17.8 Å². The topological polar surface area (TPSA) is 61.3 Å². The van der Waals surface area contributed by atoms with E-state index in [-0.39, 0.29) is 17.6 Å². The van der Waals surface area contributed by atoms with Gasteiger partial charge in [-0.3, -0.25) is 0 Å². The van der Waals surface area contributed by atoms with Crippen LogP contribution in [-0.4, -0.2) is 22.7 Å². The van der Waals surface area contributed by atoms with Gasteiger partial charge in [-0.25, -0.2) is 14.8 Å². The number of carbonyl (C=O) groups is 1. The number of halogens is 1. The number of nitrogens with zero attached hydrogens (tertiary/aromatic N) is 2. The molecule has 1 aromatic heterocycles. The number of aromatic nitrogens is 2. The van der Waals surface area contributed by atoms with E-state index in [1.54, 1.807) is 6.92 Å². The second-order valence-electron chi connectivity index (χ2n) is 1.96. The molecule has 1 aromatic rings. The zero-order valence-electron chi connectivity index (χ0n) is 6.86. The normalized spacial score (nSPS) is 9.38. The molecule has 0 unspecified atom stereocenters. The largest absolute Gasteiger partial charge is 0.515 e. The third kappa shape index (κ3) is 3.25. The molecule has 0 radical (unpaired) electrons. The average molecular weight is 203 g/mol. The molecule has 0 spiro atoms. The van der Waals surface area contributed by atoms with Gasteiger partial charge < -0.3 is 9.47 Å². The van der Waals surface area contributed by atoms with Crippen molar-refractivity contribution in [2.45, 2.75) is 6.92 Å². The molecule has 0 atom stereocenters. The van der Waals surface area contributed by atoms with Crippen molar-refractivity contribution in [1.29, 1.82) is 0 Å². The predicted octanol–water partition coefficient (Wildman–Crippen LogP) is 1.67. The van der Waals surface area contributed by atoms with E-state index >= 15 is 0 Å². The molecule has 1 rings (SSSR count). The summed E-state index contributed by atoms with van der Waals surface area (Å²) in [6.45, 7) is 1.92. The van der Waals surface area contributed by atoms with Crippen LogP contribution in [0.2, 0.25) is 5.15 Å². The second-order valence-corrected chi connectivity index (χ2v) is 2.35. The number of hydrogen-bond acceptors (Lipinski definition) is 5. The first kappa shape index (κ1) is 9.73. The van der Waals surface area contributed by atoms with Crippen LogP contribution in [0.4, 0.5) is 4.79 Å². The van der Waals surface area contributed by atoms with Gasteiger partial charge >= 0.3 is 6.16 Å². The number of rotatable bonds is 2. The highest BCUT2D eigenvalue weighted by molar-refractivity contribution is 6.29. The average Bonchev–Trinajstić information content (AvgIpc) is 2.04. The van der Waals surface area contributed by atoms with Gasteiger partial charge in [-0.2, -0.15) is 0 Å². The van der Waals surface area contributed by atoms with Gasteiger partial charge in [0.25, 0.3) is 0 Å². The van der Waals surface area contributed by atoms with Crippen molar-refractivity contribution in [1.82, 2.24) is 9.97 Å². The maximum absolute atomic E-state index is 10.8. The Hall–Kier alpha value is -1.36. The lowest BCUT2D eigenvalue weighted by Gasteiger charge is -2.01. The smallest absolute Gasteiger partial charge is 0.434 e. The van der Waals surface area contributed by atoms with Crippen LogP contribution in [0, 0.1) is 0 Å². The third-order valence-electron chi connectivity index (χ3n) is 1.06. The first-order valence-corrected chi connectivity index (χ1v) is 3.92. The summed E-state index contributed by atoms with van der Waals surface area (Å²) in [6.07, 6.45) is 0.383. The molecule has 0 aliphatic carbocycles. The fraction of sp³-hybridized carbons (Fsp3) is 0.286. The van der Waals surface area contributed by atoms with Crippen molar-refractivity contribution in [3.05, 3.63) is 17.5 Å². The Balaban J connectivity index is 2.58. The summed E-state index contributed by atoms with van der Waals surface area (Å²) in [5.74, 6) is 0.0680. The quantitative estimate of drug-likeness (QED) is 0.539. The molecule has 0 aliphatic rings. The maximum Gasteiger partial charge on any atom is 0.515 e. The summed E-state index contributed by atoms with van der Waals surface area (Å²) in [5.41, 5.74) is 0. The highest BCUT2D eigenvalue weighted by Gasteiger charge is 2.05. The summed E-state index contributed by atoms with van der Waals surface area (Å²) in [5, 5.41) is 0.203. The molecule has 5 nitrogen and oxygen atoms in total. The van der Waals surface area contributed by atoms with Gasteiger partial charge in [0.15, 0.2) is 0 Å². The Bertz CT molecular complexity index is 306. The molecule has 0 amide bonds. The molecule has 0 aromatic carbocycles. The molecular formula is C7H7ClN2O3. The first-order chi connectivity index (χ1) is 6.22. The zero-order chi connectivity index (χ0) is 9.68. The Kier molecular flexibility index (Phi) is 3.45. The molecular weight excluding hydrogens is 196 g/mol. The van der Waals surface area contributed by atoms with Crippen LogP contribution in [0.25, 0.3) is 0 Å². The summed E-state index contributed by atoms with van der Waals surface area (Å²) in [4.78, 5) is 18.0. The minimum Gasteiger partial charge on any atom is -0.434 e. The molecule has 6 heteroatoms. The van der Waals surface area contributed by atoms with E-state index in [9.17, 15) is 4.79 Å². The summed E-state index contributed by atoms with van der Waals surface area (Å²) in [7, 11) is 0. The van der Waals surface area contributed by atoms with Gasteiger partial charge in [0.05, 0.1) is 6.61 Å². The van der Waals surface area contributed by atoms with Crippen LogP contribution in [0.1, 0.15) is 6.92 Å². The first-order valence-electron chi connectivity index (χ1n) is 3.54. The molecule has 0 saturated carbocycles. The molecule has 0 fully saturated rings. The van der Waals surface area contributed by atoms with Crippen LogP contribution in [0.3, 0.4) is 0 Å². The van der Waals surface area contributed by atoms with Gasteiger partial charge in [-0.1, -0.05) is 11.6 Å². The van der Waals surface area contributed by atoms with Crippen LogP contribution < -0.4 is 4.74 Å². The van der Waals surface area contributed by atoms with Crippen molar-refractivity contribution < 1.29 is 14.3 Å². The SMILES string of the molecule is CCOC(=O)Oc1cc(Cl)ncn1. The van der Waals surface area contributed by atoms with Crippen LogP contribution in [-0.2, 0) is 4.74 Å². The molecule has 0 N–H and O–H groups in total. The highest BCUT2D eigenvalue weighted by Crippen LogP contribution is 2.11. The number of hydrogen-bond donors (Lipinski definition) is 0. The highest BCUT2D eigenvalue weighted by atomic mass is 35.5. The monoisotopic (exact) mass is 202 g/mol. The van der Waals surface area contributed by atoms with Gasteiger partial charge in [-0.15, -0.1) is 0 Å². The molecule has 0 bridgehead atoms. The van der Waals surface area contributed by atoms with Gasteiger partial charge in [-0.05, 0) is 6.92 Å². The maximum atomic E-state index is 10.8. The molecule has 0 aliphatic heterocycles. The summed E-state index contributed by atoms with van der Waals surface area (Å²) >= 11 is 5.52. The predicted molar refractivity (Wildman–Crippen MR) is 44.7 cm³/mol. The molecule has 13 heavy (non-hydrogen) atoms. The van der Waals surface area contributed by atoms with Crippen LogP contribution in [0.15, 0.2) is 12.4 Å². The third-order valence-corrected chi connectivity index (χ3v) is 1.27. The molecule has 1 heterocycles. The van der Waals surface area contributed by atoms with Crippen LogP contribution in [0.5, 0.6) is 5.88 Å².